The highest BCUT2D eigenvalue weighted by molar-refractivity contribution is 5.95. The van der Waals surface area contributed by atoms with Gasteiger partial charge in [0.2, 0.25) is 5.91 Å². The van der Waals surface area contributed by atoms with Crippen molar-refractivity contribution in [3.05, 3.63) is 52.3 Å². The lowest BCUT2D eigenvalue weighted by Crippen LogP contribution is -2.29. The SMILES string of the molecule is CCOC(=O)c1[nH]c(C)c(CCC(=O)N2CCc3ccccc32)c1C. The maximum Gasteiger partial charge on any atom is 0.355 e. The minimum atomic E-state index is -0.339. The maximum absolute atomic E-state index is 12.7. The Balaban J connectivity index is 1.70. The summed E-state index contributed by atoms with van der Waals surface area (Å²) in [6.45, 7) is 6.72. The number of hydrogen-bond acceptors (Lipinski definition) is 3. The van der Waals surface area contributed by atoms with Crippen molar-refractivity contribution in [2.45, 2.75) is 40.0 Å². The number of aromatic amines is 1. The minimum Gasteiger partial charge on any atom is -0.461 e. The van der Waals surface area contributed by atoms with Gasteiger partial charge in [0.15, 0.2) is 0 Å². The fourth-order valence-electron chi connectivity index (χ4n) is 3.54. The molecule has 132 valence electrons. The molecule has 0 spiro atoms. The van der Waals surface area contributed by atoms with Gasteiger partial charge in [-0.1, -0.05) is 18.2 Å². The van der Waals surface area contributed by atoms with Gasteiger partial charge in [0.25, 0.3) is 0 Å². The van der Waals surface area contributed by atoms with Crippen molar-refractivity contribution in [2.24, 2.45) is 0 Å². The summed E-state index contributed by atoms with van der Waals surface area (Å²) < 4.78 is 5.08. The Kier molecular flexibility index (Phi) is 4.93. The molecule has 2 aromatic rings. The van der Waals surface area contributed by atoms with E-state index >= 15 is 0 Å². The fraction of sp³-hybridized carbons (Fsp3) is 0.400. The van der Waals surface area contributed by atoms with Crippen LogP contribution in [0.15, 0.2) is 24.3 Å². The second kappa shape index (κ2) is 7.13. The van der Waals surface area contributed by atoms with Crippen molar-refractivity contribution in [2.75, 3.05) is 18.1 Å². The highest BCUT2D eigenvalue weighted by atomic mass is 16.5. The van der Waals surface area contributed by atoms with Crippen LogP contribution in [0.5, 0.6) is 0 Å². The second-order valence-corrected chi connectivity index (χ2v) is 6.37. The predicted octanol–water partition coefficient (Wildman–Crippen LogP) is 3.33. The summed E-state index contributed by atoms with van der Waals surface area (Å²) in [7, 11) is 0. The molecule has 1 amide bonds. The molecule has 1 aromatic heterocycles. The Bertz CT molecular complexity index is 807. The average Bonchev–Trinajstić information content (AvgIpc) is 3.15. The quantitative estimate of drug-likeness (QED) is 0.849. The van der Waals surface area contributed by atoms with Crippen molar-refractivity contribution >= 4 is 17.6 Å². The van der Waals surface area contributed by atoms with Crippen LogP contribution in [0.4, 0.5) is 5.69 Å². The number of carbonyl (C=O) groups is 2. The van der Waals surface area contributed by atoms with Gasteiger partial charge in [-0.15, -0.1) is 0 Å². The smallest absolute Gasteiger partial charge is 0.355 e. The van der Waals surface area contributed by atoms with Gasteiger partial charge < -0.3 is 14.6 Å². The molecule has 0 fully saturated rings. The van der Waals surface area contributed by atoms with Gasteiger partial charge in [-0.25, -0.2) is 4.79 Å². The van der Waals surface area contributed by atoms with Crippen LogP contribution in [0.3, 0.4) is 0 Å². The van der Waals surface area contributed by atoms with Crippen LogP contribution in [-0.2, 0) is 22.4 Å². The Morgan fingerprint density at radius 2 is 2.00 bits per heavy atom. The molecule has 2 heterocycles. The van der Waals surface area contributed by atoms with Crippen LogP contribution in [0, 0.1) is 13.8 Å². The molecule has 1 aliphatic rings. The third-order valence-corrected chi connectivity index (χ3v) is 4.85. The van der Waals surface area contributed by atoms with Gasteiger partial charge >= 0.3 is 5.97 Å². The van der Waals surface area contributed by atoms with Crippen LogP contribution in [0.2, 0.25) is 0 Å². The van der Waals surface area contributed by atoms with E-state index in [1.807, 2.05) is 36.9 Å². The molecule has 0 aliphatic carbocycles. The first-order chi connectivity index (χ1) is 12.0. The van der Waals surface area contributed by atoms with Crippen LogP contribution in [0.1, 0.15) is 46.2 Å². The van der Waals surface area contributed by atoms with E-state index < -0.39 is 0 Å². The summed E-state index contributed by atoms with van der Waals surface area (Å²) in [5.74, 6) is -0.211. The molecule has 0 saturated heterocycles. The number of para-hydroxylation sites is 1. The molecule has 1 aromatic carbocycles. The largest absolute Gasteiger partial charge is 0.461 e. The Labute approximate surface area is 148 Å². The van der Waals surface area contributed by atoms with Crippen LogP contribution in [0.25, 0.3) is 0 Å². The molecule has 1 N–H and O–H groups in total. The van der Waals surface area contributed by atoms with Gasteiger partial charge in [0.1, 0.15) is 5.69 Å². The maximum atomic E-state index is 12.7. The number of fused-ring (bicyclic) bond motifs is 1. The number of anilines is 1. The number of hydrogen-bond donors (Lipinski definition) is 1. The Morgan fingerprint density at radius 3 is 2.76 bits per heavy atom. The van der Waals surface area contributed by atoms with Gasteiger partial charge in [-0.2, -0.15) is 0 Å². The molecule has 1 aliphatic heterocycles. The average molecular weight is 340 g/mol. The van der Waals surface area contributed by atoms with Crippen LogP contribution < -0.4 is 4.90 Å². The number of benzene rings is 1. The number of carbonyl (C=O) groups excluding carboxylic acids is 2. The van der Waals surface area contributed by atoms with Crippen LogP contribution >= 0.6 is 0 Å². The summed E-state index contributed by atoms with van der Waals surface area (Å²) in [5, 5.41) is 0. The van der Waals surface area contributed by atoms with E-state index in [9.17, 15) is 9.59 Å². The van der Waals surface area contributed by atoms with E-state index in [-0.39, 0.29) is 11.9 Å². The zero-order chi connectivity index (χ0) is 18.0. The predicted molar refractivity (Wildman–Crippen MR) is 97.0 cm³/mol. The normalized spacial score (nSPS) is 13.0. The van der Waals surface area contributed by atoms with Crippen molar-refractivity contribution in [1.82, 2.24) is 4.98 Å². The lowest BCUT2D eigenvalue weighted by molar-refractivity contribution is -0.118. The third kappa shape index (κ3) is 3.31. The van der Waals surface area contributed by atoms with Crippen LogP contribution in [-0.4, -0.2) is 30.0 Å². The fourth-order valence-corrected chi connectivity index (χ4v) is 3.54. The highest BCUT2D eigenvalue weighted by Gasteiger charge is 2.25. The highest BCUT2D eigenvalue weighted by Crippen LogP contribution is 2.28. The zero-order valence-electron chi connectivity index (χ0n) is 15.0. The molecule has 25 heavy (non-hydrogen) atoms. The number of amides is 1. The molecule has 0 radical (unpaired) electrons. The van der Waals surface area contributed by atoms with E-state index in [2.05, 4.69) is 11.1 Å². The Hall–Kier alpha value is -2.56. The molecule has 5 heteroatoms. The monoisotopic (exact) mass is 340 g/mol. The van der Waals surface area contributed by atoms with Crippen molar-refractivity contribution in [1.29, 1.82) is 0 Å². The second-order valence-electron chi connectivity index (χ2n) is 6.37. The first-order valence-electron chi connectivity index (χ1n) is 8.76. The number of aromatic nitrogens is 1. The van der Waals surface area contributed by atoms with Crippen molar-refractivity contribution < 1.29 is 14.3 Å². The summed E-state index contributed by atoms with van der Waals surface area (Å²) >= 11 is 0. The van der Waals surface area contributed by atoms with Gasteiger partial charge in [0.05, 0.1) is 6.61 Å². The summed E-state index contributed by atoms with van der Waals surface area (Å²) in [6, 6.07) is 8.06. The van der Waals surface area contributed by atoms with E-state index in [4.69, 9.17) is 4.74 Å². The lowest BCUT2D eigenvalue weighted by Gasteiger charge is -2.17. The zero-order valence-corrected chi connectivity index (χ0v) is 15.0. The van der Waals surface area contributed by atoms with Gasteiger partial charge in [0, 0.05) is 24.3 Å². The number of ether oxygens (including phenoxy) is 1. The number of H-pyrrole nitrogens is 1. The molecule has 5 nitrogen and oxygen atoms in total. The standard InChI is InChI=1S/C20H24N2O3/c1-4-25-20(24)19-13(2)16(14(3)21-19)9-10-18(23)22-12-11-15-7-5-6-8-17(15)22/h5-8,21H,4,9-12H2,1-3H3. The molecular weight excluding hydrogens is 316 g/mol. The number of nitrogens with one attached hydrogen (secondary N) is 1. The number of aryl methyl sites for hydroxylation is 1. The van der Waals surface area contributed by atoms with E-state index in [1.165, 1.54) is 5.56 Å². The van der Waals surface area contributed by atoms with E-state index in [1.54, 1.807) is 6.92 Å². The van der Waals surface area contributed by atoms with Crippen molar-refractivity contribution in [3.63, 3.8) is 0 Å². The summed E-state index contributed by atoms with van der Waals surface area (Å²) in [5.41, 5.74) is 5.59. The molecule has 0 atom stereocenters. The van der Waals surface area contributed by atoms with E-state index in [0.717, 1.165) is 35.5 Å². The first-order valence-corrected chi connectivity index (χ1v) is 8.76. The summed E-state index contributed by atoms with van der Waals surface area (Å²) in [6.07, 6.45) is 1.96. The molecule has 0 unspecified atom stereocenters. The molecule has 3 rings (SSSR count). The lowest BCUT2D eigenvalue weighted by atomic mass is 10.0. The molecule has 0 bridgehead atoms. The number of esters is 1. The molecule has 0 saturated carbocycles. The number of rotatable bonds is 5. The Morgan fingerprint density at radius 1 is 1.24 bits per heavy atom. The number of nitrogens with zero attached hydrogens (tertiary/aromatic N) is 1. The third-order valence-electron chi connectivity index (χ3n) is 4.85. The van der Waals surface area contributed by atoms with Crippen molar-refractivity contribution in [3.8, 4) is 0 Å². The van der Waals surface area contributed by atoms with E-state index in [0.29, 0.717) is 25.1 Å². The summed E-state index contributed by atoms with van der Waals surface area (Å²) in [4.78, 5) is 29.6. The first kappa shape index (κ1) is 17.3. The molecular formula is C20H24N2O3. The van der Waals surface area contributed by atoms with Gasteiger partial charge in [-0.05, 0) is 56.4 Å². The minimum absolute atomic E-state index is 0.127. The topological polar surface area (TPSA) is 62.4 Å². The van der Waals surface area contributed by atoms with Gasteiger partial charge in [-0.3, -0.25) is 4.79 Å².